The highest BCUT2D eigenvalue weighted by atomic mass is 32.2. The smallest absolute Gasteiger partial charge is 0.264 e. The molecule has 1 fully saturated rings. The fourth-order valence-corrected chi connectivity index (χ4v) is 7.53. The number of benzene rings is 2. The molecule has 0 aromatic heterocycles. The molecule has 5 nitrogen and oxygen atoms in total. The first-order chi connectivity index (χ1) is 16.4. The highest BCUT2D eigenvalue weighted by molar-refractivity contribution is 7.92. The third-order valence-electron chi connectivity index (χ3n) is 7.74. The van der Waals surface area contributed by atoms with E-state index in [0.717, 1.165) is 75.0 Å². The number of hydrogen-bond acceptors (Lipinski definition) is 4. The molecule has 2 aromatic carbocycles. The third-order valence-corrected chi connectivity index (χ3v) is 9.60. The van der Waals surface area contributed by atoms with Crippen molar-refractivity contribution in [3.63, 3.8) is 0 Å². The minimum atomic E-state index is -3.75. The van der Waals surface area contributed by atoms with Crippen LogP contribution in [0.1, 0.15) is 81.0 Å². The van der Waals surface area contributed by atoms with Gasteiger partial charge < -0.3 is 9.84 Å². The van der Waals surface area contributed by atoms with Gasteiger partial charge >= 0.3 is 0 Å². The van der Waals surface area contributed by atoms with Crippen molar-refractivity contribution in [3.05, 3.63) is 58.7 Å². The minimum Gasteiger partial charge on any atom is -0.392 e. The number of anilines is 1. The lowest BCUT2D eigenvalue weighted by molar-refractivity contribution is 0.0621. The van der Waals surface area contributed by atoms with Gasteiger partial charge in [-0.25, -0.2) is 8.42 Å². The number of nitrogens with zero attached hydrogens (tertiary/aromatic N) is 1. The van der Waals surface area contributed by atoms with Gasteiger partial charge in [0.05, 0.1) is 17.2 Å². The molecule has 0 amide bonds. The van der Waals surface area contributed by atoms with Gasteiger partial charge in [-0.15, -0.1) is 0 Å². The minimum absolute atomic E-state index is 0.0605. The van der Waals surface area contributed by atoms with Crippen molar-refractivity contribution in [1.29, 1.82) is 0 Å². The van der Waals surface area contributed by atoms with Crippen molar-refractivity contribution in [2.75, 3.05) is 17.5 Å². The van der Waals surface area contributed by atoms with Crippen LogP contribution in [0.4, 0.5) is 5.69 Å². The van der Waals surface area contributed by atoms with E-state index >= 15 is 0 Å². The highest BCUT2D eigenvalue weighted by Crippen LogP contribution is 2.38. The monoisotopic (exact) mass is 485 g/mol. The van der Waals surface area contributed by atoms with Crippen LogP contribution >= 0.6 is 0 Å². The fraction of sp³-hybridized carbons (Fsp3) is 0.571. The molecule has 2 aliphatic heterocycles. The molecular formula is C28H39NO4S. The summed E-state index contributed by atoms with van der Waals surface area (Å²) in [5, 5.41) is 10.2. The van der Waals surface area contributed by atoms with Crippen LogP contribution in [0.2, 0.25) is 0 Å². The number of hydrogen-bond donors (Lipinski definition) is 1. The summed E-state index contributed by atoms with van der Waals surface area (Å²) in [5.74, 6) is 0.871. The van der Waals surface area contributed by atoms with E-state index in [1.54, 1.807) is 16.4 Å². The molecule has 4 rings (SSSR count). The predicted octanol–water partition coefficient (Wildman–Crippen LogP) is 5.58. The standard InChI is InChI=1S/C28H39NO4S/c1-4-21-6-11-28-23(17-21)7-8-25(5-2)29(28)34(31,32)26-9-10-27(24(18-26)19-30)20(3)16-22-12-14-33-15-13-22/h6,9-11,17-18,20,22,25,30H,4-5,7-8,12-16,19H2,1-3H3. The lowest BCUT2D eigenvalue weighted by atomic mass is 9.84. The summed E-state index contributed by atoms with van der Waals surface area (Å²) in [6, 6.07) is 11.5. The van der Waals surface area contributed by atoms with E-state index in [0.29, 0.717) is 11.5 Å². The van der Waals surface area contributed by atoms with Crippen LogP contribution in [0.25, 0.3) is 0 Å². The van der Waals surface area contributed by atoms with Crippen molar-refractivity contribution in [3.8, 4) is 0 Å². The Balaban J connectivity index is 1.66. The van der Waals surface area contributed by atoms with Gasteiger partial charge in [-0.1, -0.05) is 39.0 Å². The average molecular weight is 486 g/mol. The lowest BCUT2D eigenvalue weighted by Gasteiger charge is -2.38. The summed E-state index contributed by atoms with van der Waals surface area (Å²) in [6.07, 6.45) is 6.59. The Bertz CT molecular complexity index is 1090. The number of aliphatic hydroxyl groups excluding tert-OH is 1. The average Bonchev–Trinajstić information content (AvgIpc) is 2.87. The molecule has 0 spiro atoms. The topological polar surface area (TPSA) is 66.8 Å². The largest absolute Gasteiger partial charge is 0.392 e. The summed E-state index contributed by atoms with van der Waals surface area (Å²) in [7, 11) is -3.75. The molecule has 2 aliphatic rings. The van der Waals surface area contributed by atoms with Crippen molar-refractivity contribution in [1.82, 2.24) is 0 Å². The van der Waals surface area contributed by atoms with E-state index in [1.807, 2.05) is 18.2 Å². The Labute approximate surface area is 205 Å². The molecule has 0 radical (unpaired) electrons. The zero-order chi connectivity index (χ0) is 24.3. The number of ether oxygens (including phenoxy) is 1. The van der Waals surface area contributed by atoms with E-state index in [2.05, 4.69) is 26.8 Å². The van der Waals surface area contributed by atoms with E-state index < -0.39 is 10.0 Å². The van der Waals surface area contributed by atoms with Crippen LogP contribution < -0.4 is 4.31 Å². The fourth-order valence-electron chi connectivity index (χ4n) is 5.69. The van der Waals surface area contributed by atoms with Crippen molar-refractivity contribution < 1.29 is 18.3 Å². The lowest BCUT2D eigenvalue weighted by Crippen LogP contribution is -2.43. The summed E-state index contributed by atoms with van der Waals surface area (Å²) in [4.78, 5) is 0.268. The van der Waals surface area contributed by atoms with E-state index in [9.17, 15) is 13.5 Å². The van der Waals surface area contributed by atoms with Crippen molar-refractivity contribution in [2.24, 2.45) is 5.92 Å². The number of aliphatic hydroxyl groups is 1. The van der Waals surface area contributed by atoms with Gasteiger partial charge in [-0.3, -0.25) is 4.31 Å². The molecule has 6 heteroatoms. The normalized spacial score (nSPS) is 20.2. The summed E-state index contributed by atoms with van der Waals surface area (Å²) in [5.41, 5.74) is 4.91. The molecule has 0 aliphatic carbocycles. The summed E-state index contributed by atoms with van der Waals surface area (Å²) < 4.78 is 35.1. The molecule has 0 bridgehead atoms. The van der Waals surface area contributed by atoms with Crippen molar-refractivity contribution >= 4 is 15.7 Å². The van der Waals surface area contributed by atoms with E-state index in [-0.39, 0.29) is 23.5 Å². The first kappa shape index (κ1) is 25.2. The van der Waals surface area contributed by atoms with Gasteiger partial charge in [0.25, 0.3) is 10.0 Å². The first-order valence-electron chi connectivity index (χ1n) is 12.9. The van der Waals surface area contributed by atoms with E-state index in [4.69, 9.17) is 4.74 Å². The molecule has 2 aromatic rings. The van der Waals surface area contributed by atoms with Gasteiger partial charge in [0.15, 0.2) is 0 Å². The van der Waals surface area contributed by atoms with Gasteiger partial charge in [-0.05, 0) is 97.2 Å². The molecule has 2 unspecified atom stereocenters. The zero-order valence-electron chi connectivity index (χ0n) is 20.8. The maximum absolute atomic E-state index is 14.0. The first-order valence-corrected chi connectivity index (χ1v) is 14.3. The Kier molecular flexibility index (Phi) is 8.01. The van der Waals surface area contributed by atoms with Crippen LogP contribution in [0.3, 0.4) is 0 Å². The number of rotatable bonds is 8. The maximum Gasteiger partial charge on any atom is 0.264 e. The quantitative estimate of drug-likeness (QED) is 0.530. The Morgan fingerprint density at radius 1 is 1.09 bits per heavy atom. The summed E-state index contributed by atoms with van der Waals surface area (Å²) in [6.45, 7) is 7.82. The molecule has 2 heterocycles. The van der Waals surface area contributed by atoms with Gasteiger partial charge in [0.2, 0.25) is 0 Å². The second kappa shape index (κ2) is 10.8. The molecule has 0 saturated carbocycles. The maximum atomic E-state index is 14.0. The van der Waals surface area contributed by atoms with Crippen LogP contribution in [-0.4, -0.2) is 32.8 Å². The van der Waals surface area contributed by atoms with Crippen LogP contribution in [0, 0.1) is 5.92 Å². The van der Waals surface area contributed by atoms with Gasteiger partial charge in [0.1, 0.15) is 0 Å². The second-order valence-corrected chi connectivity index (χ2v) is 11.7. The van der Waals surface area contributed by atoms with Crippen LogP contribution in [0.15, 0.2) is 41.3 Å². The zero-order valence-corrected chi connectivity index (χ0v) is 21.6. The molecule has 186 valence electrons. The van der Waals surface area contributed by atoms with Crippen LogP contribution in [0.5, 0.6) is 0 Å². The molecule has 1 N–H and O–H groups in total. The Morgan fingerprint density at radius 2 is 1.85 bits per heavy atom. The highest BCUT2D eigenvalue weighted by Gasteiger charge is 2.35. The Hall–Kier alpha value is -1.89. The molecular weight excluding hydrogens is 446 g/mol. The van der Waals surface area contributed by atoms with Crippen molar-refractivity contribution in [2.45, 2.75) is 89.2 Å². The van der Waals surface area contributed by atoms with Crippen LogP contribution in [-0.2, 0) is 34.2 Å². The molecule has 34 heavy (non-hydrogen) atoms. The molecule has 2 atom stereocenters. The third kappa shape index (κ3) is 5.05. The van der Waals surface area contributed by atoms with Gasteiger partial charge in [-0.2, -0.15) is 0 Å². The second-order valence-electron chi connectivity index (χ2n) is 9.93. The SMILES string of the molecule is CCc1ccc2c(c1)CCC(CC)N2S(=O)(=O)c1ccc(C(C)CC2CCOCC2)c(CO)c1. The Morgan fingerprint density at radius 3 is 2.53 bits per heavy atom. The number of sulfonamides is 1. The summed E-state index contributed by atoms with van der Waals surface area (Å²) >= 11 is 0. The van der Waals surface area contributed by atoms with Gasteiger partial charge in [0, 0.05) is 19.3 Å². The molecule has 1 saturated heterocycles. The predicted molar refractivity (Wildman–Crippen MR) is 137 cm³/mol. The number of fused-ring (bicyclic) bond motifs is 1. The van der Waals surface area contributed by atoms with E-state index in [1.165, 1.54) is 5.56 Å². The number of aryl methyl sites for hydroxylation is 2.